The Morgan fingerprint density at radius 2 is 2.25 bits per heavy atom. The molecule has 0 spiro atoms. The topological polar surface area (TPSA) is 47.0 Å². The second-order valence-corrected chi connectivity index (χ2v) is 4.65. The van der Waals surface area contributed by atoms with Crippen LogP contribution >= 0.6 is 11.6 Å². The summed E-state index contributed by atoms with van der Waals surface area (Å²) >= 11 is 6.15. The Labute approximate surface area is 101 Å². The van der Waals surface area contributed by atoms with Crippen molar-refractivity contribution in [3.8, 4) is 5.88 Å². The summed E-state index contributed by atoms with van der Waals surface area (Å²) in [5.41, 5.74) is 0. The minimum atomic E-state index is 0.0924. The molecule has 1 aromatic rings. The number of aromatic nitrogens is 2. The maximum Gasteiger partial charge on any atom is 0.225 e. The zero-order chi connectivity index (χ0) is 12.0. The van der Waals surface area contributed by atoms with Gasteiger partial charge in [-0.3, -0.25) is 0 Å². The van der Waals surface area contributed by atoms with Crippen molar-refractivity contribution in [1.82, 2.24) is 9.97 Å². The fourth-order valence-electron chi connectivity index (χ4n) is 1.34. The second kappa shape index (κ2) is 6.53. The molecular weight excluding hydrogens is 226 g/mol. The summed E-state index contributed by atoms with van der Waals surface area (Å²) in [7, 11) is 1.58. The number of anilines is 1. The first kappa shape index (κ1) is 13.0. The zero-order valence-corrected chi connectivity index (χ0v) is 10.7. The molecule has 0 saturated heterocycles. The van der Waals surface area contributed by atoms with E-state index in [1.165, 1.54) is 0 Å². The molecule has 1 heterocycles. The summed E-state index contributed by atoms with van der Waals surface area (Å²) in [4.78, 5) is 8.22. The molecule has 1 atom stereocenters. The van der Waals surface area contributed by atoms with Gasteiger partial charge < -0.3 is 10.1 Å². The minimum absolute atomic E-state index is 0.0924. The van der Waals surface area contributed by atoms with Crippen LogP contribution < -0.4 is 10.1 Å². The number of ether oxygens (including phenoxy) is 1. The fraction of sp³-hybridized carbons (Fsp3) is 0.636. The van der Waals surface area contributed by atoms with E-state index in [1.807, 2.05) is 0 Å². The smallest absolute Gasteiger partial charge is 0.225 e. The third-order valence-electron chi connectivity index (χ3n) is 2.05. The molecule has 0 aromatic carbocycles. The Balaban J connectivity index is 2.41. The van der Waals surface area contributed by atoms with Crippen LogP contribution in [-0.2, 0) is 0 Å². The van der Waals surface area contributed by atoms with E-state index in [0.29, 0.717) is 24.3 Å². The van der Waals surface area contributed by atoms with Gasteiger partial charge in [-0.25, -0.2) is 4.98 Å². The second-order valence-electron chi connectivity index (χ2n) is 4.03. The van der Waals surface area contributed by atoms with Crippen LogP contribution in [-0.4, -0.2) is 29.0 Å². The van der Waals surface area contributed by atoms with Crippen molar-refractivity contribution < 1.29 is 4.74 Å². The lowest BCUT2D eigenvalue weighted by Crippen LogP contribution is -2.17. The van der Waals surface area contributed by atoms with Crippen molar-refractivity contribution in [3.63, 3.8) is 0 Å². The van der Waals surface area contributed by atoms with Gasteiger partial charge in [0.1, 0.15) is 0 Å². The molecule has 0 fully saturated rings. The normalized spacial score (nSPS) is 12.6. The molecule has 0 bridgehead atoms. The summed E-state index contributed by atoms with van der Waals surface area (Å²) in [6.45, 7) is 4.96. The van der Waals surface area contributed by atoms with Crippen LogP contribution in [0.2, 0.25) is 0 Å². The van der Waals surface area contributed by atoms with E-state index in [2.05, 4.69) is 29.1 Å². The van der Waals surface area contributed by atoms with Crippen LogP contribution in [0.25, 0.3) is 0 Å². The van der Waals surface area contributed by atoms with E-state index in [0.717, 1.165) is 6.42 Å². The summed E-state index contributed by atoms with van der Waals surface area (Å²) < 4.78 is 5.00. The Bertz CT molecular complexity index is 320. The SMILES string of the molecule is COc1ccnc(NCC(Cl)CC(C)C)n1. The van der Waals surface area contributed by atoms with Crippen LogP contribution in [0.4, 0.5) is 5.95 Å². The summed E-state index contributed by atoms with van der Waals surface area (Å²) in [5, 5.41) is 3.18. The van der Waals surface area contributed by atoms with Gasteiger partial charge in [0.15, 0.2) is 0 Å². The lowest BCUT2D eigenvalue weighted by molar-refractivity contribution is 0.397. The van der Waals surface area contributed by atoms with Crippen molar-refractivity contribution >= 4 is 17.5 Å². The summed E-state index contributed by atoms with van der Waals surface area (Å²) in [6.07, 6.45) is 2.62. The predicted molar refractivity (Wildman–Crippen MR) is 66.2 cm³/mol. The molecule has 0 aliphatic rings. The van der Waals surface area contributed by atoms with Gasteiger partial charge in [0, 0.05) is 18.8 Å². The van der Waals surface area contributed by atoms with Crippen LogP contribution in [0.3, 0.4) is 0 Å². The Kier molecular flexibility index (Phi) is 5.32. The maximum atomic E-state index is 6.15. The average molecular weight is 244 g/mol. The molecule has 0 saturated carbocycles. The zero-order valence-electron chi connectivity index (χ0n) is 9.90. The van der Waals surface area contributed by atoms with E-state index < -0.39 is 0 Å². The molecule has 1 aromatic heterocycles. The van der Waals surface area contributed by atoms with Crippen molar-refractivity contribution in [3.05, 3.63) is 12.3 Å². The molecular formula is C11H18ClN3O. The van der Waals surface area contributed by atoms with Crippen LogP contribution in [0.5, 0.6) is 5.88 Å². The van der Waals surface area contributed by atoms with Gasteiger partial charge in [-0.15, -0.1) is 11.6 Å². The number of nitrogens with one attached hydrogen (secondary N) is 1. The third kappa shape index (κ3) is 4.66. The number of hydrogen-bond acceptors (Lipinski definition) is 4. The molecule has 1 unspecified atom stereocenters. The Hall–Kier alpha value is -1.03. The van der Waals surface area contributed by atoms with Crippen LogP contribution in [0.15, 0.2) is 12.3 Å². The van der Waals surface area contributed by atoms with Gasteiger partial charge in [-0.2, -0.15) is 4.98 Å². The van der Waals surface area contributed by atoms with Gasteiger partial charge in [-0.1, -0.05) is 13.8 Å². The van der Waals surface area contributed by atoms with E-state index >= 15 is 0 Å². The first-order valence-electron chi connectivity index (χ1n) is 5.36. The molecule has 1 rings (SSSR count). The first-order chi connectivity index (χ1) is 7.61. The first-order valence-corrected chi connectivity index (χ1v) is 5.80. The van der Waals surface area contributed by atoms with Gasteiger partial charge in [0.05, 0.1) is 12.5 Å². The van der Waals surface area contributed by atoms with E-state index in [-0.39, 0.29) is 5.38 Å². The van der Waals surface area contributed by atoms with E-state index in [1.54, 1.807) is 19.4 Å². The van der Waals surface area contributed by atoms with Gasteiger partial charge in [-0.05, 0) is 12.3 Å². The highest BCUT2D eigenvalue weighted by Crippen LogP contribution is 2.12. The predicted octanol–water partition coefficient (Wildman–Crippen LogP) is 2.55. The molecule has 90 valence electrons. The van der Waals surface area contributed by atoms with Gasteiger partial charge in [0.2, 0.25) is 11.8 Å². The van der Waals surface area contributed by atoms with Crippen molar-refractivity contribution in [1.29, 1.82) is 0 Å². The molecule has 0 aliphatic heterocycles. The summed E-state index contributed by atoms with van der Waals surface area (Å²) in [5.74, 6) is 1.69. The van der Waals surface area contributed by atoms with Gasteiger partial charge >= 0.3 is 0 Å². The molecule has 16 heavy (non-hydrogen) atoms. The number of nitrogens with zero attached hydrogens (tertiary/aromatic N) is 2. The fourth-order valence-corrected chi connectivity index (χ4v) is 1.77. The number of halogens is 1. The molecule has 5 heteroatoms. The van der Waals surface area contributed by atoms with Crippen molar-refractivity contribution in [2.75, 3.05) is 19.0 Å². The van der Waals surface area contributed by atoms with E-state index in [9.17, 15) is 0 Å². The average Bonchev–Trinajstić information content (AvgIpc) is 2.26. The van der Waals surface area contributed by atoms with Gasteiger partial charge in [0.25, 0.3) is 0 Å². The lowest BCUT2D eigenvalue weighted by Gasteiger charge is -2.12. The lowest BCUT2D eigenvalue weighted by atomic mass is 10.1. The number of methoxy groups -OCH3 is 1. The summed E-state index contributed by atoms with van der Waals surface area (Å²) in [6, 6.07) is 1.71. The maximum absolute atomic E-state index is 6.15. The largest absolute Gasteiger partial charge is 0.481 e. The van der Waals surface area contributed by atoms with Crippen molar-refractivity contribution in [2.24, 2.45) is 5.92 Å². The van der Waals surface area contributed by atoms with E-state index in [4.69, 9.17) is 16.3 Å². The standard InChI is InChI=1S/C11H18ClN3O/c1-8(2)6-9(12)7-14-11-13-5-4-10(15-11)16-3/h4-5,8-9H,6-7H2,1-3H3,(H,13,14,15). The molecule has 1 N–H and O–H groups in total. The number of rotatable bonds is 6. The van der Waals surface area contributed by atoms with Crippen LogP contribution in [0.1, 0.15) is 20.3 Å². The molecule has 0 aliphatic carbocycles. The minimum Gasteiger partial charge on any atom is -0.481 e. The Morgan fingerprint density at radius 1 is 1.50 bits per heavy atom. The quantitative estimate of drug-likeness (QED) is 0.780. The highest BCUT2D eigenvalue weighted by Gasteiger charge is 2.08. The highest BCUT2D eigenvalue weighted by atomic mass is 35.5. The van der Waals surface area contributed by atoms with Crippen molar-refractivity contribution in [2.45, 2.75) is 25.6 Å². The monoisotopic (exact) mass is 243 g/mol. The number of alkyl halides is 1. The highest BCUT2D eigenvalue weighted by molar-refractivity contribution is 6.20. The molecule has 0 amide bonds. The van der Waals surface area contributed by atoms with Crippen LogP contribution in [0, 0.1) is 5.92 Å². The number of hydrogen-bond donors (Lipinski definition) is 1. The third-order valence-corrected chi connectivity index (χ3v) is 2.38. The Morgan fingerprint density at radius 3 is 2.88 bits per heavy atom. The molecule has 4 nitrogen and oxygen atoms in total. The molecule has 0 radical (unpaired) electrons.